The van der Waals surface area contributed by atoms with E-state index in [1.165, 1.54) is 18.1 Å². The first-order valence-corrected chi connectivity index (χ1v) is 5.86. The highest BCUT2D eigenvalue weighted by Crippen LogP contribution is 2.28. The first-order chi connectivity index (χ1) is 8.17. The van der Waals surface area contributed by atoms with Gasteiger partial charge in [0.05, 0.1) is 12.7 Å². The molecule has 90 valence electrons. The molecule has 3 heteroatoms. The number of H-pyrrole nitrogens is 1. The van der Waals surface area contributed by atoms with Gasteiger partial charge in [0, 0.05) is 17.1 Å². The summed E-state index contributed by atoms with van der Waals surface area (Å²) in [4.78, 5) is 14.6. The van der Waals surface area contributed by atoms with E-state index in [1.807, 2.05) is 24.4 Å². The molecule has 2 rings (SSSR count). The monoisotopic (exact) mass is 231 g/mol. The predicted molar refractivity (Wildman–Crippen MR) is 68.3 cm³/mol. The number of esters is 1. The summed E-state index contributed by atoms with van der Waals surface area (Å²) in [7, 11) is 1.39. The van der Waals surface area contributed by atoms with Gasteiger partial charge in [0.15, 0.2) is 0 Å². The van der Waals surface area contributed by atoms with E-state index >= 15 is 0 Å². The summed E-state index contributed by atoms with van der Waals surface area (Å²) in [5.41, 5.74) is 2.87. The summed E-state index contributed by atoms with van der Waals surface area (Å²) in [6.07, 6.45) is 3.13. The van der Waals surface area contributed by atoms with E-state index in [4.69, 9.17) is 4.74 Å². The fraction of sp³-hybridized carbons (Fsp3) is 0.357. The van der Waals surface area contributed by atoms with E-state index in [9.17, 15) is 4.79 Å². The third-order valence-electron chi connectivity index (χ3n) is 3.28. The van der Waals surface area contributed by atoms with Gasteiger partial charge in [-0.15, -0.1) is 0 Å². The third kappa shape index (κ3) is 2.05. The first-order valence-electron chi connectivity index (χ1n) is 5.86. The van der Waals surface area contributed by atoms with Crippen LogP contribution in [0.1, 0.15) is 42.1 Å². The lowest BCUT2D eigenvalue weighted by molar-refractivity contribution is 0.0601. The molecule has 0 fully saturated rings. The number of aromatic amines is 1. The van der Waals surface area contributed by atoms with Crippen molar-refractivity contribution < 1.29 is 9.53 Å². The van der Waals surface area contributed by atoms with Crippen molar-refractivity contribution in [2.75, 3.05) is 7.11 Å². The van der Waals surface area contributed by atoms with E-state index in [0.29, 0.717) is 11.5 Å². The van der Waals surface area contributed by atoms with Gasteiger partial charge in [0.2, 0.25) is 0 Å². The van der Waals surface area contributed by atoms with E-state index in [0.717, 1.165) is 11.9 Å². The summed E-state index contributed by atoms with van der Waals surface area (Å²) < 4.78 is 4.71. The van der Waals surface area contributed by atoms with Crippen molar-refractivity contribution in [2.24, 2.45) is 0 Å². The van der Waals surface area contributed by atoms with Crippen molar-refractivity contribution in [1.29, 1.82) is 0 Å². The third-order valence-corrected chi connectivity index (χ3v) is 3.28. The molecule has 1 aromatic carbocycles. The smallest absolute Gasteiger partial charge is 0.337 e. The molecule has 0 aliphatic rings. The van der Waals surface area contributed by atoms with Crippen LogP contribution in [0, 0.1) is 0 Å². The Morgan fingerprint density at radius 2 is 2.24 bits per heavy atom. The van der Waals surface area contributed by atoms with Crippen molar-refractivity contribution in [3.05, 3.63) is 35.5 Å². The van der Waals surface area contributed by atoms with E-state index in [2.05, 4.69) is 18.8 Å². The number of rotatable bonds is 3. The van der Waals surface area contributed by atoms with Gasteiger partial charge in [0.25, 0.3) is 0 Å². The number of nitrogens with one attached hydrogen (secondary N) is 1. The van der Waals surface area contributed by atoms with Crippen LogP contribution in [0.15, 0.2) is 24.4 Å². The van der Waals surface area contributed by atoms with Crippen LogP contribution in [-0.4, -0.2) is 18.1 Å². The Morgan fingerprint density at radius 1 is 1.47 bits per heavy atom. The minimum absolute atomic E-state index is 0.299. The lowest BCUT2D eigenvalue weighted by Crippen LogP contribution is -2.00. The molecule has 1 aromatic heterocycles. The molecule has 1 N–H and O–H groups in total. The maximum atomic E-state index is 11.4. The topological polar surface area (TPSA) is 42.1 Å². The van der Waals surface area contributed by atoms with Crippen LogP contribution in [0.5, 0.6) is 0 Å². The first kappa shape index (κ1) is 11.7. The molecular weight excluding hydrogens is 214 g/mol. The Hall–Kier alpha value is -1.77. The van der Waals surface area contributed by atoms with Gasteiger partial charge in [-0.25, -0.2) is 4.79 Å². The number of aromatic nitrogens is 1. The van der Waals surface area contributed by atoms with Crippen LogP contribution in [0.25, 0.3) is 10.9 Å². The second-order valence-electron chi connectivity index (χ2n) is 4.31. The summed E-state index contributed by atoms with van der Waals surface area (Å²) in [5.74, 6) is 0.222. The Labute approximate surface area is 101 Å². The van der Waals surface area contributed by atoms with Crippen LogP contribution in [0.4, 0.5) is 0 Å². The standard InChI is InChI=1S/C14H17NO2/c1-4-9(2)12-8-15-13-7-10(14(16)17-3)5-6-11(12)13/h5-9,15H,4H2,1-3H3. The lowest BCUT2D eigenvalue weighted by atomic mass is 9.98. The molecule has 0 saturated heterocycles. The maximum absolute atomic E-state index is 11.4. The molecule has 0 amide bonds. The Balaban J connectivity index is 2.48. The Morgan fingerprint density at radius 3 is 2.88 bits per heavy atom. The maximum Gasteiger partial charge on any atom is 0.337 e. The van der Waals surface area contributed by atoms with Gasteiger partial charge in [-0.1, -0.05) is 19.9 Å². The molecule has 0 saturated carbocycles. The van der Waals surface area contributed by atoms with Crippen molar-refractivity contribution in [3.8, 4) is 0 Å². The Kier molecular flexibility index (Phi) is 3.18. The molecule has 0 radical (unpaired) electrons. The van der Waals surface area contributed by atoms with Gasteiger partial charge in [-0.3, -0.25) is 0 Å². The highest BCUT2D eigenvalue weighted by Gasteiger charge is 2.12. The molecule has 0 aliphatic heterocycles. The number of carbonyl (C=O) groups is 1. The van der Waals surface area contributed by atoms with Crippen molar-refractivity contribution in [1.82, 2.24) is 4.98 Å². The van der Waals surface area contributed by atoms with E-state index in [1.54, 1.807) is 0 Å². The number of hydrogen-bond acceptors (Lipinski definition) is 2. The molecule has 3 nitrogen and oxygen atoms in total. The quantitative estimate of drug-likeness (QED) is 0.822. The second kappa shape index (κ2) is 4.62. The largest absolute Gasteiger partial charge is 0.465 e. The molecule has 1 atom stereocenters. The van der Waals surface area contributed by atoms with Crippen molar-refractivity contribution in [2.45, 2.75) is 26.2 Å². The number of methoxy groups -OCH3 is 1. The highest BCUT2D eigenvalue weighted by atomic mass is 16.5. The SMILES string of the molecule is CCC(C)c1c[nH]c2cc(C(=O)OC)ccc12. The summed E-state index contributed by atoms with van der Waals surface area (Å²) in [6.45, 7) is 4.38. The molecule has 0 aliphatic carbocycles. The Bertz CT molecular complexity index is 542. The van der Waals surface area contributed by atoms with Crippen LogP contribution in [-0.2, 0) is 4.74 Å². The molecular formula is C14H17NO2. The fourth-order valence-electron chi connectivity index (χ4n) is 2.02. The number of benzene rings is 1. The number of carbonyl (C=O) groups excluding carboxylic acids is 1. The van der Waals surface area contributed by atoms with Crippen molar-refractivity contribution >= 4 is 16.9 Å². The highest BCUT2D eigenvalue weighted by molar-refractivity contribution is 5.95. The van der Waals surface area contributed by atoms with Crippen LogP contribution in [0.2, 0.25) is 0 Å². The molecule has 1 heterocycles. The number of fused-ring (bicyclic) bond motifs is 1. The summed E-state index contributed by atoms with van der Waals surface area (Å²) in [6, 6.07) is 5.64. The molecule has 2 aromatic rings. The summed E-state index contributed by atoms with van der Waals surface area (Å²) >= 11 is 0. The van der Waals surface area contributed by atoms with Gasteiger partial charge in [0.1, 0.15) is 0 Å². The van der Waals surface area contributed by atoms with Crippen LogP contribution in [0.3, 0.4) is 0 Å². The number of ether oxygens (including phenoxy) is 1. The predicted octanol–water partition coefficient (Wildman–Crippen LogP) is 3.47. The zero-order valence-corrected chi connectivity index (χ0v) is 10.4. The molecule has 0 spiro atoms. The zero-order valence-electron chi connectivity index (χ0n) is 10.4. The van der Waals surface area contributed by atoms with Gasteiger partial charge < -0.3 is 9.72 Å². The van der Waals surface area contributed by atoms with Gasteiger partial charge >= 0.3 is 5.97 Å². The van der Waals surface area contributed by atoms with Crippen LogP contribution < -0.4 is 0 Å². The average molecular weight is 231 g/mol. The summed E-state index contributed by atoms with van der Waals surface area (Å²) in [5, 5.41) is 1.19. The number of hydrogen-bond donors (Lipinski definition) is 1. The molecule has 0 bridgehead atoms. The molecule has 17 heavy (non-hydrogen) atoms. The minimum atomic E-state index is -0.299. The lowest BCUT2D eigenvalue weighted by Gasteiger charge is -2.06. The minimum Gasteiger partial charge on any atom is -0.465 e. The van der Waals surface area contributed by atoms with Crippen LogP contribution >= 0.6 is 0 Å². The average Bonchev–Trinajstić information content (AvgIpc) is 2.79. The normalized spacial score (nSPS) is 12.6. The van der Waals surface area contributed by atoms with Gasteiger partial charge in [-0.05, 0) is 30.0 Å². The fourth-order valence-corrected chi connectivity index (χ4v) is 2.02. The zero-order chi connectivity index (χ0) is 12.4. The van der Waals surface area contributed by atoms with E-state index < -0.39 is 0 Å². The molecule has 1 unspecified atom stereocenters. The van der Waals surface area contributed by atoms with Crippen molar-refractivity contribution in [3.63, 3.8) is 0 Å². The van der Waals surface area contributed by atoms with Gasteiger partial charge in [-0.2, -0.15) is 0 Å². The van der Waals surface area contributed by atoms with E-state index in [-0.39, 0.29) is 5.97 Å². The second-order valence-corrected chi connectivity index (χ2v) is 4.31.